The topological polar surface area (TPSA) is 96.0 Å². The second-order valence-electron chi connectivity index (χ2n) is 8.51. The Morgan fingerprint density at radius 1 is 1.22 bits per heavy atom. The van der Waals surface area contributed by atoms with Crippen molar-refractivity contribution in [1.82, 2.24) is 14.5 Å². The Labute approximate surface area is 190 Å². The maximum absolute atomic E-state index is 13.0. The number of carbonyl (C=O) groups is 2. The summed E-state index contributed by atoms with van der Waals surface area (Å²) < 4.78 is 30.6. The average molecular weight is 464 g/mol. The van der Waals surface area contributed by atoms with Crippen molar-refractivity contribution in [3.05, 3.63) is 47.0 Å². The summed E-state index contributed by atoms with van der Waals surface area (Å²) in [5, 5.41) is 2.94. The zero-order valence-electron chi connectivity index (χ0n) is 19.1. The van der Waals surface area contributed by atoms with Crippen LogP contribution in [0.5, 0.6) is 0 Å². The molecule has 1 spiro atoms. The molecule has 9 heteroatoms. The number of nitrogens with zero attached hydrogens (tertiary/aromatic N) is 2. The Bertz CT molecular complexity index is 967. The van der Waals surface area contributed by atoms with Crippen molar-refractivity contribution in [2.24, 2.45) is 0 Å². The monoisotopic (exact) mass is 463 g/mol. The molecule has 0 saturated carbocycles. The molecule has 0 unspecified atom stereocenters. The minimum absolute atomic E-state index is 0.223. The molecule has 0 bridgehead atoms. The fourth-order valence-corrected chi connectivity index (χ4v) is 5.29. The smallest absolute Gasteiger partial charge is 0.335 e. The number of sulfonamides is 1. The summed E-state index contributed by atoms with van der Waals surface area (Å²) in [4.78, 5) is 27.6. The largest absolute Gasteiger partial charge is 0.450 e. The number of hydrogen-bond donors (Lipinski definition) is 1. The first-order valence-electron chi connectivity index (χ1n) is 11.1. The molecule has 2 heterocycles. The van der Waals surface area contributed by atoms with Crippen molar-refractivity contribution in [3.63, 3.8) is 0 Å². The van der Waals surface area contributed by atoms with Gasteiger partial charge in [-0.05, 0) is 25.5 Å². The Hall–Kier alpha value is -2.23. The third kappa shape index (κ3) is 5.57. The molecular formula is C23H33N3O5S. The van der Waals surface area contributed by atoms with Crippen LogP contribution in [0.2, 0.25) is 0 Å². The van der Waals surface area contributed by atoms with Gasteiger partial charge in [-0.1, -0.05) is 37.3 Å². The van der Waals surface area contributed by atoms with Crippen LogP contribution in [-0.2, 0) is 30.9 Å². The lowest BCUT2D eigenvalue weighted by molar-refractivity contribution is -0.150. The Morgan fingerprint density at radius 2 is 1.88 bits per heavy atom. The molecule has 0 atom stereocenters. The van der Waals surface area contributed by atoms with Crippen LogP contribution < -0.4 is 5.32 Å². The molecule has 0 aromatic heterocycles. The molecule has 1 fully saturated rings. The van der Waals surface area contributed by atoms with Gasteiger partial charge in [-0.3, -0.25) is 9.69 Å². The SMILES string of the molecule is CCN(CCCNC(=O)C1=C(C)C(=O)OC12CCN(S(C)(=O)=O)CC2)Cc1ccccc1. The van der Waals surface area contributed by atoms with E-state index < -0.39 is 21.6 Å². The van der Waals surface area contributed by atoms with Gasteiger partial charge in [0.15, 0.2) is 0 Å². The van der Waals surface area contributed by atoms with E-state index in [9.17, 15) is 18.0 Å². The van der Waals surface area contributed by atoms with Crippen LogP contribution in [0.15, 0.2) is 41.5 Å². The van der Waals surface area contributed by atoms with Gasteiger partial charge in [-0.15, -0.1) is 0 Å². The molecule has 176 valence electrons. The molecule has 1 amide bonds. The Balaban J connectivity index is 1.55. The maximum Gasteiger partial charge on any atom is 0.335 e. The third-order valence-electron chi connectivity index (χ3n) is 6.28. The van der Waals surface area contributed by atoms with Gasteiger partial charge >= 0.3 is 5.97 Å². The van der Waals surface area contributed by atoms with Gasteiger partial charge in [0.05, 0.1) is 11.8 Å². The normalized spacial score (nSPS) is 18.9. The summed E-state index contributed by atoms with van der Waals surface area (Å²) in [6.45, 7) is 7.26. The highest BCUT2D eigenvalue weighted by molar-refractivity contribution is 7.88. The summed E-state index contributed by atoms with van der Waals surface area (Å²) in [7, 11) is -3.32. The lowest BCUT2D eigenvalue weighted by atomic mass is 9.83. The number of amides is 1. The van der Waals surface area contributed by atoms with Crippen molar-refractivity contribution >= 4 is 21.9 Å². The quantitative estimate of drug-likeness (QED) is 0.442. The molecule has 1 N–H and O–H groups in total. The third-order valence-corrected chi connectivity index (χ3v) is 7.59. The molecular weight excluding hydrogens is 430 g/mol. The van der Waals surface area contributed by atoms with E-state index in [0.29, 0.717) is 17.7 Å². The van der Waals surface area contributed by atoms with Crippen LogP contribution in [0.4, 0.5) is 0 Å². The number of hydrogen-bond acceptors (Lipinski definition) is 6. The van der Waals surface area contributed by atoms with E-state index in [1.807, 2.05) is 18.2 Å². The van der Waals surface area contributed by atoms with E-state index >= 15 is 0 Å². The number of nitrogens with one attached hydrogen (secondary N) is 1. The van der Waals surface area contributed by atoms with Gasteiger partial charge in [0.2, 0.25) is 10.0 Å². The number of rotatable bonds is 9. The van der Waals surface area contributed by atoms with Gasteiger partial charge < -0.3 is 10.1 Å². The minimum atomic E-state index is -3.32. The van der Waals surface area contributed by atoms with Crippen LogP contribution in [0.25, 0.3) is 0 Å². The fraction of sp³-hybridized carbons (Fsp3) is 0.565. The number of piperidine rings is 1. The second-order valence-corrected chi connectivity index (χ2v) is 10.5. The van der Waals surface area contributed by atoms with Crippen molar-refractivity contribution in [2.45, 2.75) is 45.3 Å². The van der Waals surface area contributed by atoms with E-state index in [-0.39, 0.29) is 31.8 Å². The van der Waals surface area contributed by atoms with Crippen molar-refractivity contribution in [3.8, 4) is 0 Å². The predicted molar refractivity (Wildman–Crippen MR) is 122 cm³/mol. The van der Waals surface area contributed by atoms with E-state index in [0.717, 1.165) is 32.3 Å². The molecule has 3 rings (SSSR count). The number of esters is 1. The molecule has 1 aromatic rings. The summed E-state index contributed by atoms with van der Waals surface area (Å²) in [6.07, 6.45) is 2.51. The van der Waals surface area contributed by atoms with Gasteiger partial charge in [-0.25, -0.2) is 17.5 Å². The molecule has 2 aliphatic heterocycles. The van der Waals surface area contributed by atoms with E-state index in [1.54, 1.807) is 6.92 Å². The average Bonchev–Trinajstić information content (AvgIpc) is 2.99. The number of benzene rings is 1. The second kappa shape index (κ2) is 10.1. The summed E-state index contributed by atoms with van der Waals surface area (Å²) in [5.41, 5.74) is 0.889. The standard InChI is InChI=1S/C23H33N3O5S/c1-4-25(17-19-9-6-5-7-10-19)14-8-13-24-21(27)20-18(2)22(28)31-23(20)11-15-26(16-12-23)32(3,29)30/h5-7,9-10H,4,8,11-17H2,1-3H3,(H,24,27). The van der Waals surface area contributed by atoms with Gasteiger partial charge in [-0.2, -0.15) is 0 Å². The number of ether oxygens (including phenoxy) is 1. The molecule has 1 aromatic carbocycles. The first-order valence-corrected chi connectivity index (χ1v) is 13.0. The highest BCUT2D eigenvalue weighted by Crippen LogP contribution is 2.41. The highest BCUT2D eigenvalue weighted by Gasteiger charge is 2.51. The first-order chi connectivity index (χ1) is 15.2. The Morgan fingerprint density at radius 3 is 2.47 bits per heavy atom. The molecule has 2 aliphatic rings. The van der Waals surface area contributed by atoms with Crippen LogP contribution in [-0.4, -0.2) is 74.1 Å². The number of carbonyl (C=O) groups excluding carboxylic acids is 2. The van der Waals surface area contributed by atoms with E-state index in [1.165, 1.54) is 9.87 Å². The van der Waals surface area contributed by atoms with Crippen molar-refractivity contribution in [2.75, 3.05) is 39.0 Å². The van der Waals surface area contributed by atoms with Gasteiger partial charge in [0.1, 0.15) is 5.60 Å². The summed E-state index contributed by atoms with van der Waals surface area (Å²) in [6, 6.07) is 10.3. The zero-order chi connectivity index (χ0) is 23.4. The first kappa shape index (κ1) is 24.4. The molecule has 0 aliphatic carbocycles. The predicted octanol–water partition coefficient (Wildman–Crippen LogP) is 1.68. The molecule has 32 heavy (non-hydrogen) atoms. The van der Waals surface area contributed by atoms with Gasteiger partial charge in [0.25, 0.3) is 5.91 Å². The lowest BCUT2D eigenvalue weighted by Crippen LogP contribution is -2.50. The van der Waals surface area contributed by atoms with Crippen molar-refractivity contribution < 1.29 is 22.7 Å². The van der Waals surface area contributed by atoms with Crippen LogP contribution in [0, 0.1) is 0 Å². The Kier molecular flexibility index (Phi) is 7.74. The molecule has 1 saturated heterocycles. The maximum atomic E-state index is 13.0. The van der Waals surface area contributed by atoms with Crippen molar-refractivity contribution in [1.29, 1.82) is 0 Å². The van der Waals surface area contributed by atoms with E-state index in [4.69, 9.17) is 4.74 Å². The summed E-state index contributed by atoms with van der Waals surface area (Å²) in [5.74, 6) is -0.796. The lowest BCUT2D eigenvalue weighted by Gasteiger charge is -2.38. The summed E-state index contributed by atoms with van der Waals surface area (Å²) >= 11 is 0. The van der Waals surface area contributed by atoms with Gasteiger partial charge in [0, 0.05) is 51.1 Å². The molecule has 0 radical (unpaired) electrons. The molecule has 8 nitrogen and oxygen atoms in total. The zero-order valence-corrected chi connectivity index (χ0v) is 19.9. The van der Waals surface area contributed by atoms with Crippen LogP contribution >= 0.6 is 0 Å². The highest BCUT2D eigenvalue weighted by atomic mass is 32.2. The fourth-order valence-electron chi connectivity index (χ4n) is 4.44. The van der Waals surface area contributed by atoms with E-state index in [2.05, 4.69) is 29.3 Å². The minimum Gasteiger partial charge on any atom is -0.450 e. The van der Waals surface area contributed by atoms with Crippen LogP contribution in [0.1, 0.15) is 38.7 Å². The van der Waals surface area contributed by atoms with Crippen LogP contribution in [0.3, 0.4) is 0 Å².